The van der Waals surface area contributed by atoms with Crippen LogP contribution in [-0.2, 0) is 5.54 Å². The third-order valence-corrected chi connectivity index (χ3v) is 6.68. The van der Waals surface area contributed by atoms with Gasteiger partial charge in [0.05, 0.1) is 11.7 Å². The van der Waals surface area contributed by atoms with Crippen LogP contribution in [0.1, 0.15) is 16.7 Å². The number of nitrogens with zero attached hydrogens (tertiary/aromatic N) is 2. The Bertz CT molecular complexity index is 1520. The van der Waals surface area contributed by atoms with Gasteiger partial charge >= 0.3 is 0 Å². The normalized spacial score (nSPS) is 19.0. The molecule has 1 aliphatic carbocycles. The van der Waals surface area contributed by atoms with E-state index in [9.17, 15) is 0 Å². The fourth-order valence-electron chi connectivity index (χ4n) is 4.99. The van der Waals surface area contributed by atoms with Crippen LogP contribution in [0.5, 0.6) is 0 Å². The maximum absolute atomic E-state index is 5.24. The summed E-state index contributed by atoms with van der Waals surface area (Å²) in [5.41, 5.74) is 4.53. The van der Waals surface area contributed by atoms with Gasteiger partial charge in [-0.1, -0.05) is 121 Å². The molecular formula is C32H25N3. The van der Waals surface area contributed by atoms with Crippen molar-refractivity contribution >= 4 is 28.2 Å². The summed E-state index contributed by atoms with van der Waals surface area (Å²) >= 11 is 0. The molecule has 168 valence electrons. The Morgan fingerprint density at radius 3 is 2.17 bits per heavy atom. The fraction of sp³-hybridized carbons (Fsp3) is 0.0625. The van der Waals surface area contributed by atoms with E-state index in [-0.39, 0.29) is 6.04 Å². The summed E-state index contributed by atoms with van der Waals surface area (Å²) in [4.78, 5) is 0. The van der Waals surface area contributed by atoms with Gasteiger partial charge in [0.2, 0.25) is 0 Å². The van der Waals surface area contributed by atoms with Gasteiger partial charge in [-0.3, -0.25) is 0 Å². The summed E-state index contributed by atoms with van der Waals surface area (Å²) in [5, 5.41) is 16.2. The third kappa shape index (κ3) is 3.81. The van der Waals surface area contributed by atoms with Crippen LogP contribution in [0.4, 0.5) is 11.4 Å². The van der Waals surface area contributed by atoms with Crippen LogP contribution in [0.25, 0.3) is 16.8 Å². The molecule has 1 aliphatic rings. The van der Waals surface area contributed by atoms with Gasteiger partial charge in [0.15, 0.2) is 5.54 Å². The number of azo groups is 1. The van der Waals surface area contributed by atoms with E-state index in [0.29, 0.717) is 0 Å². The molecule has 0 radical (unpaired) electrons. The van der Waals surface area contributed by atoms with Gasteiger partial charge in [0.25, 0.3) is 0 Å². The maximum Gasteiger partial charge on any atom is 0.156 e. The molecule has 0 spiro atoms. The lowest BCUT2D eigenvalue weighted by atomic mass is 9.72. The Kier molecular flexibility index (Phi) is 5.44. The number of hydrogen-bond acceptors (Lipinski definition) is 3. The predicted octanol–water partition coefficient (Wildman–Crippen LogP) is 8.37. The highest BCUT2D eigenvalue weighted by Crippen LogP contribution is 2.45. The highest BCUT2D eigenvalue weighted by Gasteiger charge is 2.45. The van der Waals surface area contributed by atoms with E-state index in [1.165, 1.54) is 0 Å². The van der Waals surface area contributed by atoms with Crippen LogP contribution in [0.3, 0.4) is 0 Å². The van der Waals surface area contributed by atoms with E-state index in [4.69, 9.17) is 10.2 Å². The van der Waals surface area contributed by atoms with Gasteiger partial charge in [0.1, 0.15) is 0 Å². The molecule has 1 N–H and O–H groups in total. The zero-order chi connectivity index (χ0) is 23.5. The van der Waals surface area contributed by atoms with Crippen LogP contribution >= 0.6 is 0 Å². The summed E-state index contributed by atoms with van der Waals surface area (Å²) in [6.45, 7) is 0. The number of benzene rings is 5. The summed E-state index contributed by atoms with van der Waals surface area (Å²) in [7, 11) is 0. The van der Waals surface area contributed by atoms with Gasteiger partial charge in [-0.2, -0.15) is 10.2 Å². The molecule has 35 heavy (non-hydrogen) atoms. The second kappa shape index (κ2) is 9.03. The predicted molar refractivity (Wildman–Crippen MR) is 145 cm³/mol. The van der Waals surface area contributed by atoms with Crippen molar-refractivity contribution in [2.24, 2.45) is 10.2 Å². The van der Waals surface area contributed by atoms with Crippen molar-refractivity contribution in [3.05, 3.63) is 150 Å². The van der Waals surface area contributed by atoms with E-state index in [0.717, 1.165) is 38.8 Å². The van der Waals surface area contributed by atoms with E-state index >= 15 is 0 Å². The molecule has 0 fully saturated rings. The first-order valence-corrected chi connectivity index (χ1v) is 11.9. The van der Waals surface area contributed by atoms with E-state index in [1.807, 2.05) is 42.5 Å². The minimum atomic E-state index is -0.751. The third-order valence-electron chi connectivity index (χ3n) is 6.68. The summed E-state index contributed by atoms with van der Waals surface area (Å²) in [6, 6.07) is 43.6. The fourth-order valence-corrected chi connectivity index (χ4v) is 4.99. The second-order valence-corrected chi connectivity index (χ2v) is 8.77. The highest BCUT2D eigenvalue weighted by molar-refractivity contribution is 5.92. The first kappa shape index (κ1) is 21.1. The Morgan fingerprint density at radius 2 is 1.31 bits per heavy atom. The maximum atomic E-state index is 5.24. The van der Waals surface area contributed by atoms with Crippen molar-refractivity contribution in [1.29, 1.82) is 0 Å². The summed E-state index contributed by atoms with van der Waals surface area (Å²) in [5.74, 6) is 0. The molecule has 0 saturated carbocycles. The number of fused-ring (bicyclic) bond motifs is 2. The summed E-state index contributed by atoms with van der Waals surface area (Å²) < 4.78 is 0. The van der Waals surface area contributed by atoms with Gasteiger partial charge in [-0.25, -0.2) is 0 Å². The molecule has 2 unspecified atom stereocenters. The number of hydrogen-bond donors (Lipinski definition) is 1. The lowest BCUT2D eigenvalue weighted by molar-refractivity contribution is 0.476. The highest BCUT2D eigenvalue weighted by atomic mass is 15.2. The Balaban J connectivity index is 1.58. The monoisotopic (exact) mass is 451 g/mol. The quantitative estimate of drug-likeness (QED) is 0.268. The Labute approximate surface area is 205 Å². The molecule has 0 bridgehead atoms. The largest absolute Gasteiger partial charge is 0.376 e. The van der Waals surface area contributed by atoms with Crippen molar-refractivity contribution in [1.82, 2.24) is 0 Å². The standard InChI is InChI=1S/C32H25N3/c1-3-15-26(16-4-1)32(35-34-30-21-11-14-24-12-7-9-19-28(24)30)29-20-10-8-13-25(29)22-23-31(32)33-27-17-5-2-6-18-27/h1-23,31,33H. The molecule has 0 saturated heterocycles. The molecular weight excluding hydrogens is 426 g/mol. The van der Waals surface area contributed by atoms with Gasteiger partial charge in [-0.15, -0.1) is 0 Å². The van der Waals surface area contributed by atoms with Gasteiger partial charge in [-0.05, 0) is 40.3 Å². The lowest BCUT2D eigenvalue weighted by Gasteiger charge is -2.40. The van der Waals surface area contributed by atoms with Crippen molar-refractivity contribution < 1.29 is 0 Å². The average molecular weight is 452 g/mol. The average Bonchev–Trinajstić information content (AvgIpc) is 2.93. The molecule has 6 rings (SSSR count). The van der Waals surface area contributed by atoms with Crippen molar-refractivity contribution in [2.75, 3.05) is 5.32 Å². The molecule has 3 nitrogen and oxygen atoms in total. The molecule has 0 aliphatic heterocycles. The molecule has 5 aromatic carbocycles. The zero-order valence-electron chi connectivity index (χ0n) is 19.3. The number of anilines is 1. The van der Waals surface area contributed by atoms with E-state index < -0.39 is 5.54 Å². The smallest absolute Gasteiger partial charge is 0.156 e. The summed E-state index contributed by atoms with van der Waals surface area (Å²) in [6.07, 6.45) is 4.40. The topological polar surface area (TPSA) is 36.8 Å². The molecule has 2 atom stereocenters. The number of para-hydroxylation sites is 1. The van der Waals surface area contributed by atoms with Crippen molar-refractivity contribution in [3.63, 3.8) is 0 Å². The molecule has 3 heteroatoms. The van der Waals surface area contributed by atoms with Crippen LogP contribution in [0, 0.1) is 0 Å². The van der Waals surface area contributed by atoms with E-state index in [2.05, 4.69) is 102 Å². The SMILES string of the molecule is C1=CC(Nc2ccccc2)C(N=Nc2cccc3ccccc23)(c2ccccc2)c2ccccc21. The van der Waals surface area contributed by atoms with Crippen LogP contribution in [-0.4, -0.2) is 6.04 Å². The molecule has 0 amide bonds. The minimum absolute atomic E-state index is 0.138. The van der Waals surface area contributed by atoms with Crippen LogP contribution < -0.4 is 5.32 Å². The second-order valence-electron chi connectivity index (χ2n) is 8.77. The Morgan fingerprint density at radius 1 is 0.629 bits per heavy atom. The van der Waals surface area contributed by atoms with Gasteiger partial charge in [0, 0.05) is 11.1 Å². The number of rotatable bonds is 5. The zero-order valence-corrected chi connectivity index (χ0v) is 19.3. The molecule has 0 aromatic heterocycles. The van der Waals surface area contributed by atoms with E-state index in [1.54, 1.807) is 0 Å². The first-order valence-electron chi connectivity index (χ1n) is 11.9. The van der Waals surface area contributed by atoms with Crippen LogP contribution in [0.15, 0.2) is 144 Å². The number of nitrogens with one attached hydrogen (secondary N) is 1. The minimum Gasteiger partial charge on any atom is -0.376 e. The lowest BCUT2D eigenvalue weighted by Crippen LogP contribution is -2.44. The Hall–Kier alpha value is -4.50. The van der Waals surface area contributed by atoms with Crippen molar-refractivity contribution in [2.45, 2.75) is 11.6 Å². The molecule has 0 heterocycles. The first-order chi connectivity index (χ1) is 17.3. The van der Waals surface area contributed by atoms with Crippen LogP contribution in [0.2, 0.25) is 0 Å². The van der Waals surface area contributed by atoms with Gasteiger partial charge < -0.3 is 5.32 Å². The van der Waals surface area contributed by atoms with Crippen molar-refractivity contribution in [3.8, 4) is 0 Å². The molecule has 5 aromatic rings.